The zero-order valence-corrected chi connectivity index (χ0v) is 14.3. The van der Waals surface area contributed by atoms with Gasteiger partial charge in [-0.2, -0.15) is 0 Å². The summed E-state index contributed by atoms with van der Waals surface area (Å²) >= 11 is 0. The molecule has 1 rings (SSSR count). The van der Waals surface area contributed by atoms with Gasteiger partial charge in [0.25, 0.3) is 0 Å². The van der Waals surface area contributed by atoms with E-state index in [1.165, 1.54) is 32.1 Å². The molecular formula is C17H35NO3. The van der Waals surface area contributed by atoms with E-state index in [1.807, 2.05) is 0 Å². The molecule has 4 nitrogen and oxygen atoms in total. The van der Waals surface area contributed by atoms with Crippen LogP contribution in [0, 0.1) is 5.92 Å². The highest BCUT2D eigenvalue weighted by Crippen LogP contribution is 2.34. The van der Waals surface area contributed by atoms with E-state index in [1.54, 1.807) is 7.11 Å². The second kappa shape index (κ2) is 11.4. The molecule has 0 amide bonds. The van der Waals surface area contributed by atoms with E-state index >= 15 is 0 Å². The van der Waals surface area contributed by atoms with Crippen LogP contribution in [0.25, 0.3) is 0 Å². The molecule has 0 heterocycles. The van der Waals surface area contributed by atoms with Gasteiger partial charge in [0.15, 0.2) is 0 Å². The van der Waals surface area contributed by atoms with Gasteiger partial charge in [-0.05, 0) is 51.0 Å². The Morgan fingerprint density at radius 1 is 1.10 bits per heavy atom. The molecule has 0 aromatic heterocycles. The maximum atomic E-state index is 6.30. The standard InChI is InChI=1S/C17H35NO3/c1-4-10-18-15-17(8-6-16(2)7-9-17)21-12-5-11-20-14-13-19-3/h16,18H,4-15H2,1-3H3. The minimum absolute atomic E-state index is 0.0637. The van der Waals surface area contributed by atoms with Crippen LogP contribution in [0.3, 0.4) is 0 Å². The van der Waals surface area contributed by atoms with Crippen LogP contribution < -0.4 is 5.32 Å². The van der Waals surface area contributed by atoms with E-state index in [4.69, 9.17) is 14.2 Å². The van der Waals surface area contributed by atoms with Crippen LogP contribution in [-0.4, -0.2) is 52.2 Å². The summed E-state index contributed by atoms with van der Waals surface area (Å²) in [6, 6.07) is 0. The third-order valence-corrected chi connectivity index (χ3v) is 4.33. The lowest BCUT2D eigenvalue weighted by atomic mass is 9.79. The first-order valence-electron chi connectivity index (χ1n) is 8.64. The van der Waals surface area contributed by atoms with E-state index in [9.17, 15) is 0 Å². The number of hydrogen-bond acceptors (Lipinski definition) is 4. The van der Waals surface area contributed by atoms with Crippen molar-refractivity contribution < 1.29 is 14.2 Å². The van der Waals surface area contributed by atoms with Gasteiger partial charge < -0.3 is 19.5 Å². The van der Waals surface area contributed by atoms with Crippen LogP contribution in [0.5, 0.6) is 0 Å². The second-order valence-corrected chi connectivity index (χ2v) is 6.35. The van der Waals surface area contributed by atoms with Crippen molar-refractivity contribution in [2.45, 2.75) is 58.0 Å². The summed E-state index contributed by atoms with van der Waals surface area (Å²) < 4.78 is 16.7. The third kappa shape index (κ3) is 8.15. The first-order valence-corrected chi connectivity index (χ1v) is 8.64. The molecule has 0 aliphatic heterocycles. The Bertz CT molecular complexity index is 240. The normalized spacial score (nSPS) is 26.1. The van der Waals surface area contributed by atoms with Gasteiger partial charge in [0, 0.05) is 26.9 Å². The number of ether oxygens (including phenoxy) is 3. The Labute approximate surface area is 130 Å². The molecule has 0 saturated heterocycles. The molecule has 0 radical (unpaired) electrons. The molecule has 0 unspecified atom stereocenters. The summed E-state index contributed by atoms with van der Waals surface area (Å²) in [5.41, 5.74) is 0.0637. The molecule has 4 heteroatoms. The monoisotopic (exact) mass is 301 g/mol. The molecule has 1 aliphatic rings. The largest absolute Gasteiger partial charge is 0.382 e. The van der Waals surface area contributed by atoms with Crippen LogP contribution in [-0.2, 0) is 14.2 Å². The lowest BCUT2D eigenvalue weighted by molar-refractivity contribution is -0.0805. The zero-order valence-electron chi connectivity index (χ0n) is 14.3. The quantitative estimate of drug-likeness (QED) is 0.563. The highest BCUT2D eigenvalue weighted by Gasteiger charge is 2.34. The van der Waals surface area contributed by atoms with Gasteiger partial charge in [0.05, 0.1) is 18.8 Å². The Kier molecular flexibility index (Phi) is 10.3. The summed E-state index contributed by atoms with van der Waals surface area (Å²) in [6.07, 6.45) is 7.11. The lowest BCUT2D eigenvalue weighted by Gasteiger charge is -2.39. The molecule has 0 spiro atoms. The summed E-state index contributed by atoms with van der Waals surface area (Å²) in [7, 11) is 1.70. The van der Waals surface area contributed by atoms with Crippen LogP contribution in [0.15, 0.2) is 0 Å². The van der Waals surface area contributed by atoms with E-state index in [2.05, 4.69) is 19.2 Å². The van der Waals surface area contributed by atoms with Crippen molar-refractivity contribution in [3.63, 3.8) is 0 Å². The van der Waals surface area contributed by atoms with Gasteiger partial charge in [0.1, 0.15) is 0 Å². The minimum Gasteiger partial charge on any atom is -0.382 e. The number of rotatable bonds is 12. The number of nitrogens with one attached hydrogen (secondary N) is 1. The molecule has 0 aromatic rings. The summed E-state index contributed by atoms with van der Waals surface area (Å²) in [5.74, 6) is 0.852. The molecule has 0 atom stereocenters. The minimum atomic E-state index is 0.0637. The molecule has 0 aromatic carbocycles. The molecule has 1 N–H and O–H groups in total. The maximum Gasteiger partial charge on any atom is 0.0806 e. The predicted molar refractivity (Wildman–Crippen MR) is 86.8 cm³/mol. The smallest absolute Gasteiger partial charge is 0.0806 e. The average Bonchev–Trinajstić information content (AvgIpc) is 2.50. The van der Waals surface area contributed by atoms with Gasteiger partial charge in [-0.15, -0.1) is 0 Å². The lowest BCUT2D eigenvalue weighted by Crippen LogP contribution is -2.46. The van der Waals surface area contributed by atoms with Gasteiger partial charge in [-0.25, -0.2) is 0 Å². The highest BCUT2D eigenvalue weighted by molar-refractivity contribution is 4.88. The number of methoxy groups -OCH3 is 1. The van der Waals surface area contributed by atoms with Gasteiger partial charge in [-0.1, -0.05) is 13.8 Å². The fourth-order valence-electron chi connectivity index (χ4n) is 2.85. The first-order chi connectivity index (χ1) is 10.2. The predicted octanol–water partition coefficient (Wildman–Crippen LogP) is 3.00. The van der Waals surface area contributed by atoms with Crippen LogP contribution in [0.2, 0.25) is 0 Å². The Balaban J connectivity index is 2.22. The fraction of sp³-hybridized carbons (Fsp3) is 1.00. The van der Waals surface area contributed by atoms with E-state index in [0.717, 1.165) is 38.6 Å². The molecule has 0 bridgehead atoms. The highest BCUT2D eigenvalue weighted by atomic mass is 16.5. The summed E-state index contributed by atoms with van der Waals surface area (Å²) in [6.45, 7) is 9.56. The number of hydrogen-bond donors (Lipinski definition) is 1. The third-order valence-electron chi connectivity index (χ3n) is 4.33. The van der Waals surface area contributed by atoms with Crippen molar-refractivity contribution in [2.75, 3.05) is 46.6 Å². The molecular weight excluding hydrogens is 266 g/mol. The summed E-state index contributed by atoms with van der Waals surface area (Å²) in [4.78, 5) is 0. The van der Waals surface area contributed by atoms with Crippen LogP contribution in [0.1, 0.15) is 52.4 Å². The molecule has 1 saturated carbocycles. The van der Waals surface area contributed by atoms with Crippen LogP contribution in [0.4, 0.5) is 0 Å². The Hall–Kier alpha value is -0.160. The first kappa shape index (κ1) is 18.9. The van der Waals surface area contributed by atoms with Gasteiger partial charge >= 0.3 is 0 Å². The molecule has 21 heavy (non-hydrogen) atoms. The average molecular weight is 301 g/mol. The fourth-order valence-corrected chi connectivity index (χ4v) is 2.85. The van der Waals surface area contributed by atoms with Crippen molar-refractivity contribution in [3.8, 4) is 0 Å². The van der Waals surface area contributed by atoms with Gasteiger partial charge in [-0.3, -0.25) is 0 Å². The summed E-state index contributed by atoms with van der Waals surface area (Å²) in [5, 5.41) is 3.56. The zero-order chi connectivity index (χ0) is 15.4. The SMILES string of the molecule is CCCNCC1(OCCCOCCOC)CCC(C)CC1. The Morgan fingerprint density at radius 2 is 1.86 bits per heavy atom. The van der Waals surface area contributed by atoms with Crippen molar-refractivity contribution in [3.05, 3.63) is 0 Å². The molecule has 1 aliphatic carbocycles. The van der Waals surface area contributed by atoms with E-state index in [-0.39, 0.29) is 5.60 Å². The van der Waals surface area contributed by atoms with Crippen molar-refractivity contribution >= 4 is 0 Å². The second-order valence-electron chi connectivity index (χ2n) is 6.35. The van der Waals surface area contributed by atoms with E-state index in [0.29, 0.717) is 13.2 Å². The van der Waals surface area contributed by atoms with Gasteiger partial charge in [0.2, 0.25) is 0 Å². The molecule has 1 fully saturated rings. The van der Waals surface area contributed by atoms with Crippen molar-refractivity contribution in [1.82, 2.24) is 5.32 Å². The van der Waals surface area contributed by atoms with E-state index < -0.39 is 0 Å². The van der Waals surface area contributed by atoms with Crippen molar-refractivity contribution in [2.24, 2.45) is 5.92 Å². The van der Waals surface area contributed by atoms with Crippen molar-refractivity contribution in [1.29, 1.82) is 0 Å². The maximum absolute atomic E-state index is 6.30. The topological polar surface area (TPSA) is 39.7 Å². The molecule has 126 valence electrons. The Morgan fingerprint density at radius 3 is 2.52 bits per heavy atom. The van der Waals surface area contributed by atoms with Crippen LogP contribution >= 0.6 is 0 Å².